The van der Waals surface area contributed by atoms with Crippen molar-refractivity contribution >= 4 is 46.6 Å². The van der Waals surface area contributed by atoms with Gasteiger partial charge in [0.1, 0.15) is 11.5 Å². The van der Waals surface area contributed by atoms with Crippen LogP contribution < -0.4 is 53.7 Å². The lowest BCUT2D eigenvalue weighted by Gasteiger charge is -2.16. The molecule has 0 radical (unpaired) electrons. The van der Waals surface area contributed by atoms with Crippen LogP contribution in [-0.2, 0) is 0 Å². The van der Waals surface area contributed by atoms with Crippen LogP contribution in [0, 0.1) is 21.6 Å². The Morgan fingerprint density at radius 1 is 0.528 bits per heavy atom. The monoisotopic (exact) mass is 490 g/mol. The van der Waals surface area contributed by atoms with Gasteiger partial charge in [-0.05, 0) is 48.5 Å². The molecule has 3 rings (SSSR count). The Balaban J connectivity index is 1.86. The smallest absolute Gasteiger partial charge is 0.190 e. The minimum Gasteiger partial charge on any atom is -0.455 e. The third kappa shape index (κ3) is 7.17. The van der Waals surface area contributed by atoms with Crippen molar-refractivity contribution in [3.05, 3.63) is 60.7 Å². The Kier molecular flexibility index (Phi) is 7.61. The van der Waals surface area contributed by atoms with Crippen LogP contribution >= 0.6 is 0 Å². The summed E-state index contributed by atoms with van der Waals surface area (Å²) in [5, 5.41) is 40.6. The van der Waals surface area contributed by atoms with Gasteiger partial charge in [-0.15, -0.1) is 0 Å². The molecule has 16 N–H and O–H groups in total. The number of hydrogen-bond acceptors (Lipinski definition) is 6. The van der Waals surface area contributed by atoms with Crippen molar-refractivity contribution in [1.82, 2.24) is 0 Å². The first kappa shape index (κ1) is 25.0. The highest BCUT2D eigenvalue weighted by Gasteiger charge is 2.11. The summed E-state index contributed by atoms with van der Waals surface area (Å²) in [6.07, 6.45) is 0. The second-order valence-corrected chi connectivity index (χ2v) is 7.26. The number of ether oxygens (including phenoxy) is 2. The Morgan fingerprint density at radius 3 is 1.28 bits per heavy atom. The highest BCUT2D eigenvalue weighted by atomic mass is 16.5. The van der Waals surface area contributed by atoms with Gasteiger partial charge in [0.25, 0.3) is 0 Å². The minimum absolute atomic E-state index is 0.244. The molecule has 36 heavy (non-hydrogen) atoms. The zero-order valence-corrected chi connectivity index (χ0v) is 18.9. The molecule has 0 aliphatic heterocycles. The van der Waals surface area contributed by atoms with Gasteiger partial charge in [-0.1, -0.05) is 6.07 Å². The third-order valence-corrected chi connectivity index (χ3v) is 4.32. The van der Waals surface area contributed by atoms with Gasteiger partial charge >= 0.3 is 0 Å². The number of guanidine groups is 4. The standard InChI is InChI=1S/C22H26N12O2/c23-19(24)31-11-4-6-17(15(8-11)33-21(27)28)35-13-2-1-3-14(10-13)36-18-7-5-12(32-20(25)26)9-16(18)34-22(29)30/h1-10H,(H4,23,24,31)(H4,25,26,32)(H4,27,28,33)(H4,29,30,34). The van der Waals surface area contributed by atoms with E-state index in [1.165, 1.54) is 0 Å². The van der Waals surface area contributed by atoms with E-state index < -0.39 is 0 Å². The molecule has 0 atom stereocenters. The Hall–Kier alpha value is -5.66. The molecule has 3 aromatic rings. The number of anilines is 4. The van der Waals surface area contributed by atoms with Gasteiger partial charge in [-0.3, -0.25) is 21.6 Å². The van der Waals surface area contributed by atoms with Crippen LogP contribution in [0.3, 0.4) is 0 Å². The van der Waals surface area contributed by atoms with E-state index in [0.29, 0.717) is 45.7 Å². The maximum absolute atomic E-state index is 7.55. The van der Waals surface area contributed by atoms with Gasteiger partial charge in [-0.25, -0.2) is 0 Å². The maximum atomic E-state index is 7.55. The fourth-order valence-corrected chi connectivity index (χ4v) is 3.05. The predicted octanol–water partition coefficient (Wildman–Crippen LogP) is 2.49. The summed E-state index contributed by atoms with van der Waals surface area (Å²) in [6.45, 7) is 0. The van der Waals surface area contributed by atoms with Crippen molar-refractivity contribution in [3.63, 3.8) is 0 Å². The molecule has 0 saturated heterocycles. The van der Waals surface area contributed by atoms with E-state index in [9.17, 15) is 0 Å². The van der Waals surface area contributed by atoms with E-state index in [1.54, 1.807) is 60.7 Å². The van der Waals surface area contributed by atoms with Gasteiger partial charge in [0, 0.05) is 17.4 Å². The molecule has 0 spiro atoms. The van der Waals surface area contributed by atoms with E-state index in [0.717, 1.165) is 0 Å². The molecule has 186 valence electrons. The van der Waals surface area contributed by atoms with Crippen LogP contribution in [0.15, 0.2) is 60.7 Å². The summed E-state index contributed by atoms with van der Waals surface area (Å²) < 4.78 is 12.0. The quantitative estimate of drug-likeness (QED) is 0.162. The molecule has 0 aromatic heterocycles. The van der Waals surface area contributed by atoms with E-state index in [1.807, 2.05) is 0 Å². The molecule has 0 heterocycles. The number of nitrogens with two attached hydrogens (primary N) is 4. The van der Waals surface area contributed by atoms with E-state index >= 15 is 0 Å². The minimum atomic E-state index is -0.301. The molecule has 0 saturated carbocycles. The Morgan fingerprint density at radius 2 is 0.917 bits per heavy atom. The van der Waals surface area contributed by atoms with Gasteiger partial charge in [0.05, 0.1) is 11.4 Å². The van der Waals surface area contributed by atoms with E-state index in [-0.39, 0.29) is 23.8 Å². The highest BCUT2D eigenvalue weighted by molar-refractivity contribution is 5.95. The van der Waals surface area contributed by atoms with Crippen LogP contribution in [0.25, 0.3) is 0 Å². The van der Waals surface area contributed by atoms with Crippen molar-refractivity contribution in [2.45, 2.75) is 0 Å². The van der Waals surface area contributed by atoms with Crippen LogP contribution in [-0.4, -0.2) is 23.8 Å². The first-order chi connectivity index (χ1) is 17.1. The summed E-state index contributed by atoms with van der Waals surface area (Å²) in [5.74, 6) is 0.460. The Bertz CT molecular complexity index is 1230. The summed E-state index contributed by atoms with van der Waals surface area (Å²) in [7, 11) is 0. The zero-order chi connectivity index (χ0) is 26.2. The van der Waals surface area contributed by atoms with E-state index in [2.05, 4.69) is 21.3 Å². The average molecular weight is 491 g/mol. The lowest BCUT2D eigenvalue weighted by atomic mass is 10.2. The van der Waals surface area contributed by atoms with Crippen molar-refractivity contribution in [1.29, 1.82) is 21.6 Å². The zero-order valence-electron chi connectivity index (χ0n) is 18.9. The van der Waals surface area contributed by atoms with Crippen molar-refractivity contribution in [2.24, 2.45) is 22.9 Å². The summed E-state index contributed by atoms with van der Waals surface area (Å²) in [5.41, 5.74) is 23.5. The normalized spacial score (nSPS) is 10.0. The molecule has 0 amide bonds. The van der Waals surface area contributed by atoms with Gasteiger partial charge in [0.2, 0.25) is 0 Å². The molecule has 0 aliphatic carbocycles. The van der Waals surface area contributed by atoms with Crippen molar-refractivity contribution < 1.29 is 9.47 Å². The second-order valence-electron chi connectivity index (χ2n) is 7.26. The fourth-order valence-electron chi connectivity index (χ4n) is 3.05. The average Bonchev–Trinajstić information content (AvgIpc) is 2.76. The summed E-state index contributed by atoms with van der Waals surface area (Å²) >= 11 is 0. The fraction of sp³-hybridized carbons (Fsp3) is 0. The summed E-state index contributed by atoms with van der Waals surface area (Å²) in [6, 6.07) is 16.5. The lowest BCUT2D eigenvalue weighted by molar-refractivity contribution is 0.462. The molecule has 0 unspecified atom stereocenters. The largest absolute Gasteiger partial charge is 0.455 e. The molecule has 0 bridgehead atoms. The number of nitrogens with one attached hydrogen (secondary N) is 8. The number of hydrogen-bond donors (Lipinski definition) is 12. The molecule has 14 heteroatoms. The van der Waals surface area contributed by atoms with Crippen LogP contribution in [0.2, 0.25) is 0 Å². The molecule has 0 aliphatic rings. The highest BCUT2D eigenvalue weighted by Crippen LogP contribution is 2.36. The molecular formula is C22H26N12O2. The molecule has 14 nitrogen and oxygen atoms in total. The van der Waals surface area contributed by atoms with Gasteiger partial charge in [0.15, 0.2) is 35.3 Å². The number of benzene rings is 3. The van der Waals surface area contributed by atoms with Crippen molar-refractivity contribution in [2.75, 3.05) is 21.3 Å². The Labute approximate surface area is 206 Å². The first-order valence-electron chi connectivity index (χ1n) is 10.3. The van der Waals surface area contributed by atoms with Crippen LogP contribution in [0.4, 0.5) is 22.7 Å². The van der Waals surface area contributed by atoms with E-state index in [4.69, 9.17) is 54.0 Å². The van der Waals surface area contributed by atoms with Gasteiger partial charge in [-0.2, -0.15) is 0 Å². The van der Waals surface area contributed by atoms with Crippen molar-refractivity contribution in [3.8, 4) is 23.0 Å². The molecule has 3 aromatic carbocycles. The molecule has 0 fully saturated rings. The summed E-state index contributed by atoms with van der Waals surface area (Å²) in [4.78, 5) is 0. The van der Waals surface area contributed by atoms with Crippen LogP contribution in [0.1, 0.15) is 0 Å². The topological polar surface area (TPSA) is 266 Å². The maximum Gasteiger partial charge on any atom is 0.190 e. The lowest BCUT2D eigenvalue weighted by Crippen LogP contribution is -2.22. The van der Waals surface area contributed by atoms with Gasteiger partial charge < -0.3 is 53.7 Å². The third-order valence-electron chi connectivity index (χ3n) is 4.32. The second kappa shape index (κ2) is 11.0. The first-order valence-corrected chi connectivity index (χ1v) is 10.3. The molecular weight excluding hydrogens is 464 g/mol. The number of rotatable bonds is 8. The van der Waals surface area contributed by atoms with Crippen LogP contribution in [0.5, 0.6) is 23.0 Å². The predicted molar refractivity (Wildman–Crippen MR) is 142 cm³/mol. The SMILES string of the molecule is N=C(N)Nc1ccc(Oc2cccc(Oc3ccc(NC(=N)N)cc3NC(=N)N)c2)c(NC(=N)N)c1.